The van der Waals surface area contributed by atoms with Crippen LogP contribution in [-0.2, 0) is 6.18 Å². The molecule has 5 heteroatoms. The topological polar surface area (TPSA) is 24.9 Å². The molecule has 1 aromatic heterocycles. The molecule has 21 heavy (non-hydrogen) atoms. The fraction of sp³-hybridized carbons (Fsp3) is 0.688. The molecule has 0 radical (unpaired) electrons. The molecule has 1 aliphatic carbocycles. The van der Waals surface area contributed by atoms with Crippen molar-refractivity contribution in [3.8, 4) is 0 Å². The smallest absolute Gasteiger partial charge is 0.311 e. The van der Waals surface area contributed by atoms with Gasteiger partial charge in [-0.1, -0.05) is 26.2 Å². The van der Waals surface area contributed by atoms with Crippen LogP contribution in [0.1, 0.15) is 56.3 Å². The molecule has 1 fully saturated rings. The van der Waals surface area contributed by atoms with Gasteiger partial charge in [0, 0.05) is 6.20 Å². The quantitative estimate of drug-likeness (QED) is 0.880. The van der Waals surface area contributed by atoms with Gasteiger partial charge in [-0.2, -0.15) is 13.2 Å². The van der Waals surface area contributed by atoms with Crippen LogP contribution >= 0.6 is 0 Å². The molecule has 0 amide bonds. The van der Waals surface area contributed by atoms with Crippen molar-refractivity contribution >= 4 is 0 Å². The van der Waals surface area contributed by atoms with Crippen molar-refractivity contribution in [1.29, 1.82) is 0 Å². The van der Waals surface area contributed by atoms with Crippen molar-refractivity contribution in [2.75, 3.05) is 7.05 Å². The first kappa shape index (κ1) is 16.3. The average Bonchev–Trinajstić information content (AvgIpc) is 2.48. The molecule has 118 valence electrons. The van der Waals surface area contributed by atoms with E-state index in [9.17, 15) is 13.2 Å². The zero-order valence-corrected chi connectivity index (χ0v) is 12.6. The maximum absolute atomic E-state index is 12.6. The number of nitrogens with one attached hydrogen (secondary N) is 1. The van der Waals surface area contributed by atoms with Gasteiger partial charge in [0.05, 0.1) is 17.3 Å². The van der Waals surface area contributed by atoms with Gasteiger partial charge in [0.25, 0.3) is 0 Å². The van der Waals surface area contributed by atoms with Crippen LogP contribution in [0.4, 0.5) is 13.2 Å². The molecule has 0 saturated heterocycles. The normalized spacial score (nSPS) is 24.8. The highest BCUT2D eigenvalue weighted by molar-refractivity contribution is 5.19. The maximum Gasteiger partial charge on any atom is 0.417 e. The van der Waals surface area contributed by atoms with Crippen molar-refractivity contribution in [2.24, 2.45) is 11.8 Å². The summed E-state index contributed by atoms with van der Waals surface area (Å²) < 4.78 is 37.8. The minimum Gasteiger partial charge on any atom is -0.311 e. The summed E-state index contributed by atoms with van der Waals surface area (Å²) in [5.74, 6) is 1.19. The van der Waals surface area contributed by atoms with Gasteiger partial charge in [-0.25, -0.2) is 0 Å². The Hall–Kier alpha value is -1.10. The third-order valence-corrected chi connectivity index (χ3v) is 4.62. The lowest BCUT2D eigenvalue weighted by Gasteiger charge is -2.34. The van der Waals surface area contributed by atoms with Crippen molar-refractivity contribution in [3.63, 3.8) is 0 Å². The van der Waals surface area contributed by atoms with Gasteiger partial charge in [-0.15, -0.1) is 0 Å². The monoisotopic (exact) mass is 300 g/mol. The first-order valence-corrected chi connectivity index (χ1v) is 7.66. The zero-order chi connectivity index (χ0) is 15.5. The molecular formula is C16H23F3N2. The number of alkyl halides is 3. The van der Waals surface area contributed by atoms with Crippen molar-refractivity contribution < 1.29 is 13.2 Å². The van der Waals surface area contributed by atoms with Crippen molar-refractivity contribution in [2.45, 2.75) is 51.2 Å². The lowest BCUT2D eigenvalue weighted by atomic mass is 9.76. The van der Waals surface area contributed by atoms with E-state index in [1.165, 1.54) is 25.3 Å². The van der Waals surface area contributed by atoms with Crippen molar-refractivity contribution in [3.05, 3.63) is 29.6 Å². The molecule has 1 saturated carbocycles. The summed E-state index contributed by atoms with van der Waals surface area (Å²) >= 11 is 0. The summed E-state index contributed by atoms with van der Waals surface area (Å²) in [7, 11) is 1.86. The Morgan fingerprint density at radius 3 is 2.62 bits per heavy atom. The molecule has 2 nitrogen and oxygen atoms in total. The summed E-state index contributed by atoms with van der Waals surface area (Å²) in [6.07, 6.45) is 2.51. The Bertz CT molecular complexity index is 442. The molecule has 0 spiro atoms. The fourth-order valence-corrected chi connectivity index (χ4v) is 3.39. The molecule has 0 bridgehead atoms. The van der Waals surface area contributed by atoms with Gasteiger partial charge < -0.3 is 5.32 Å². The molecule has 1 aliphatic rings. The molecule has 1 aromatic rings. The average molecular weight is 300 g/mol. The lowest BCUT2D eigenvalue weighted by molar-refractivity contribution is -0.137. The van der Waals surface area contributed by atoms with Gasteiger partial charge in [0.15, 0.2) is 0 Å². The van der Waals surface area contributed by atoms with E-state index < -0.39 is 11.7 Å². The summed E-state index contributed by atoms with van der Waals surface area (Å²) in [5.41, 5.74) is 0.0310. The standard InChI is InChI=1S/C16H23F3N2/c1-3-11-5-4-6-12(9-11)15(20-2)14-8-7-13(10-21-14)16(17,18)19/h7-8,10-12,15,20H,3-6,9H2,1-2H3. The first-order chi connectivity index (χ1) is 9.95. The number of aromatic nitrogens is 1. The minimum atomic E-state index is -4.32. The molecular weight excluding hydrogens is 277 g/mol. The Morgan fingerprint density at radius 1 is 1.33 bits per heavy atom. The maximum atomic E-state index is 12.6. The van der Waals surface area contributed by atoms with Gasteiger partial charge in [0.1, 0.15) is 0 Å². The van der Waals surface area contributed by atoms with Crippen LogP contribution in [0, 0.1) is 11.8 Å². The molecule has 3 atom stereocenters. The number of rotatable bonds is 4. The summed E-state index contributed by atoms with van der Waals surface area (Å²) in [6.45, 7) is 2.21. The van der Waals surface area contributed by atoms with Crippen LogP contribution in [0.15, 0.2) is 18.3 Å². The largest absolute Gasteiger partial charge is 0.417 e. The van der Waals surface area contributed by atoms with Crippen LogP contribution in [0.3, 0.4) is 0 Å². The van der Waals surface area contributed by atoms with Gasteiger partial charge in [-0.3, -0.25) is 4.98 Å². The number of hydrogen-bond acceptors (Lipinski definition) is 2. The second-order valence-electron chi connectivity index (χ2n) is 5.94. The van der Waals surface area contributed by atoms with Crippen LogP contribution < -0.4 is 5.32 Å². The van der Waals surface area contributed by atoms with E-state index in [0.29, 0.717) is 11.6 Å². The fourth-order valence-electron chi connectivity index (χ4n) is 3.39. The van der Waals surface area contributed by atoms with Crippen LogP contribution in [0.25, 0.3) is 0 Å². The molecule has 3 unspecified atom stereocenters. The van der Waals surface area contributed by atoms with Gasteiger partial charge in [-0.05, 0) is 43.9 Å². The van der Waals surface area contributed by atoms with E-state index >= 15 is 0 Å². The van der Waals surface area contributed by atoms with Gasteiger partial charge in [0.2, 0.25) is 0 Å². The van der Waals surface area contributed by atoms with E-state index in [4.69, 9.17) is 0 Å². The predicted molar refractivity (Wildman–Crippen MR) is 76.8 cm³/mol. The number of pyridine rings is 1. The number of halogens is 3. The number of nitrogens with zero attached hydrogens (tertiary/aromatic N) is 1. The van der Waals surface area contributed by atoms with E-state index in [1.807, 2.05) is 7.05 Å². The highest BCUT2D eigenvalue weighted by Crippen LogP contribution is 2.38. The van der Waals surface area contributed by atoms with Crippen LogP contribution in [0.5, 0.6) is 0 Å². The molecule has 0 aromatic carbocycles. The second kappa shape index (κ2) is 6.77. The number of hydrogen-bond donors (Lipinski definition) is 1. The summed E-state index contributed by atoms with van der Waals surface area (Å²) in [6, 6.07) is 2.69. The molecule has 1 heterocycles. The van der Waals surface area contributed by atoms with Crippen LogP contribution in [0.2, 0.25) is 0 Å². The highest BCUT2D eigenvalue weighted by Gasteiger charge is 2.32. The van der Waals surface area contributed by atoms with E-state index in [1.54, 1.807) is 0 Å². The summed E-state index contributed by atoms with van der Waals surface area (Å²) in [5, 5.41) is 3.25. The molecule has 2 rings (SSSR count). The molecule has 1 N–H and O–H groups in total. The van der Waals surface area contributed by atoms with E-state index in [2.05, 4.69) is 17.2 Å². The summed E-state index contributed by atoms with van der Waals surface area (Å²) in [4.78, 5) is 4.06. The Kier molecular flexibility index (Phi) is 5.25. The Morgan fingerprint density at radius 2 is 2.10 bits per heavy atom. The lowest BCUT2D eigenvalue weighted by Crippen LogP contribution is -2.30. The predicted octanol–water partition coefficient (Wildman–Crippen LogP) is 4.58. The molecule has 0 aliphatic heterocycles. The van der Waals surface area contributed by atoms with Gasteiger partial charge >= 0.3 is 6.18 Å². The van der Waals surface area contributed by atoms with Crippen LogP contribution in [-0.4, -0.2) is 12.0 Å². The van der Waals surface area contributed by atoms with E-state index in [0.717, 1.165) is 31.0 Å². The second-order valence-corrected chi connectivity index (χ2v) is 5.94. The van der Waals surface area contributed by atoms with E-state index in [-0.39, 0.29) is 6.04 Å². The third-order valence-electron chi connectivity index (χ3n) is 4.62. The third kappa shape index (κ3) is 3.96. The Labute approximate surface area is 124 Å². The Balaban J connectivity index is 2.13. The zero-order valence-electron chi connectivity index (χ0n) is 12.6. The van der Waals surface area contributed by atoms with Crippen molar-refractivity contribution in [1.82, 2.24) is 10.3 Å². The SMILES string of the molecule is CCC1CCCC(C(NC)c2ccc(C(F)(F)F)cn2)C1. The highest BCUT2D eigenvalue weighted by atomic mass is 19.4. The first-order valence-electron chi connectivity index (χ1n) is 7.66. The minimum absolute atomic E-state index is 0.0432.